The first kappa shape index (κ1) is 13.6. The maximum atomic E-state index is 12.9. The van der Waals surface area contributed by atoms with E-state index in [-0.39, 0.29) is 11.8 Å². The molecule has 110 valence electrons. The third-order valence-electron chi connectivity index (χ3n) is 5.11. The molecule has 4 atom stereocenters. The number of rotatable bonds is 2. The van der Waals surface area contributed by atoms with Gasteiger partial charge in [0.15, 0.2) is 0 Å². The number of carbonyl (C=O) groups excluding carboxylic acids is 1. The SMILES string of the molecule is CC1CCN(C(=O)[C@H]2CNC[C@@H]2c2cnn(C)c2)C1C. The normalized spacial score (nSPS) is 33.9. The summed E-state index contributed by atoms with van der Waals surface area (Å²) in [5.41, 5.74) is 1.18. The van der Waals surface area contributed by atoms with Crippen LogP contribution in [0.5, 0.6) is 0 Å². The number of amides is 1. The van der Waals surface area contributed by atoms with Crippen molar-refractivity contribution in [1.29, 1.82) is 0 Å². The Bertz CT molecular complexity index is 498. The third kappa shape index (κ3) is 2.24. The van der Waals surface area contributed by atoms with E-state index in [4.69, 9.17) is 0 Å². The lowest BCUT2D eigenvalue weighted by Crippen LogP contribution is -2.41. The molecule has 1 amide bonds. The highest BCUT2D eigenvalue weighted by atomic mass is 16.2. The second kappa shape index (κ2) is 5.20. The van der Waals surface area contributed by atoms with E-state index in [0.717, 1.165) is 26.1 Å². The first-order valence-corrected chi connectivity index (χ1v) is 7.57. The number of carbonyl (C=O) groups is 1. The Balaban J connectivity index is 1.77. The van der Waals surface area contributed by atoms with E-state index < -0.39 is 0 Å². The molecule has 1 aromatic heterocycles. The van der Waals surface area contributed by atoms with Gasteiger partial charge in [-0.25, -0.2) is 0 Å². The summed E-state index contributed by atoms with van der Waals surface area (Å²) in [5.74, 6) is 1.26. The monoisotopic (exact) mass is 276 g/mol. The smallest absolute Gasteiger partial charge is 0.227 e. The summed E-state index contributed by atoms with van der Waals surface area (Å²) >= 11 is 0. The van der Waals surface area contributed by atoms with Gasteiger partial charge in [-0.1, -0.05) is 6.92 Å². The van der Waals surface area contributed by atoms with E-state index in [2.05, 4.69) is 29.2 Å². The number of likely N-dealkylation sites (tertiary alicyclic amines) is 1. The van der Waals surface area contributed by atoms with E-state index in [0.29, 0.717) is 17.9 Å². The zero-order chi connectivity index (χ0) is 14.3. The Kier molecular flexibility index (Phi) is 3.54. The topological polar surface area (TPSA) is 50.2 Å². The van der Waals surface area contributed by atoms with Gasteiger partial charge in [-0.05, 0) is 24.8 Å². The van der Waals surface area contributed by atoms with Gasteiger partial charge in [-0.2, -0.15) is 5.10 Å². The maximum absolute atomic E-state index is 12.9. The van der Waals surface area contributed by atoms with Crippen molar-refractivity contribution < 1.29 is 4.79 Å². The van der Waals surface area contributed by atoms with Crippen molar-refractivity contribution in [3.63, 3.8) is 0 Å². The quantitative estimate of drug-likeness (QED) is 0.876. The minimum absolute atomic E-state index is 0.0620. The lowest BCUT2D eigenvalue weighted by atomic mass is 9.89. The number of nitrogens with zero attached hydrogens (tertiary/aromatic N) is 3. The van der Waals surface area contributed by atoms with Gasteiger partial charge in [0.1, 0.15) is 0 Å². The summed E-state index contributed by atoms with van der Waals surface area (Å²) in [6.45, 7) is 6.99. The molecule has 0 spiro atoms. The maximum Gasteiger partial charge on any atom is 0.227 e. The first-order valence-electron chi connectivity index (χ1n) is 7.57. The van der Waals surface area contributed by atoms with Gasteiger partial charge in [0.05, 0.1) is 12.1 Å². The molecular formula is C15H24N4O. The van der Waals surface area contributed by atoms with E-state index in [1.807, 2.05) is 24.1 Å². The summed E-state index contributed by atoms with van der Waals surface area (Å²) in [6.07, 6.45) is 5.06. The van der Waals surface area contributed by atoms with Crippen LogP contribution < -0.4 is 5.32 Å². The molecule has 2 aliphatic rings. The Labute approximate surface area is 120 Å². The molecule has 2 aliphatic heterocycles. The van der Waals surface area contributed by atoms with Gasteiger partial charge >= 0.3 is 0 Å². The third-order valence-corrected chi connectivity index (χ3v) is 5.11. The Morgan fingerprint density at radius 1 is 1.40 bits per heavy atom. The van der Waals surface area contributed by atoms with Crippen molar-refractivity contribution in [2.24, 2.45) is 18.9 Å². The van der Waals surface area contributed by atoms with E-state index >= 15 is 0 Å². The molecule has 1 aromatic rings. The fourth-order valence-electron chi connectivity index (χ4n) is 3.54. The van der Waals surface area contributed by atoms with Gasteiger partial charge in [0.2, 0.25) is 5.91 Å². The molecule has 5 heteroatoms. The molecule has 2 saturated heterocycles. The summed E-state index contributed by atoms with van der Waals surface area (Å²) < 4.78 is 1.82. The summed E-state index contributed by atoms with van der Waals surface area (Å²) in [7, 11) is 1.92. The Morgan fingerprint density at radius 2 is 2.20 bits per heavy atom. The second-order valence-corrected chi connectivity index (χ2v) is 6.36. The number of aryl methyl sites for hydroxylation is 1. The summed E-state index contributed by atoms with van der Waals surface area (Å²) in [4.78, 5) is 14.9. The fourth-order valence-corrected chi connectivity index (χ4v) is 3.54. The van der Waals surface area contributed by atoms with Crippen LogP contribution in [0.4, 0.5) is 0 Å². The molecule has 0 bridgehead atoms. The van der Waals surface area contributed by atoms with Gasteiger partial charge in [-0.15, -0.1) is 0 Å². The van der Waals surface area contributed by atoms with Crippen LogP contribution >= 0.6 is 0 Å². The van der Waals surface area contributed by atoms with Crippen LogP contribution in [-0.4, -0.2) is 46.3 Å². The van der Waals surface area contributed by atoms with Crippen molar-refractivity contribution in [3.8, 4) is 0 Å². The average molecular weight is 276 g/mol. The molecule has 0 saturated carbocycles. The molecule has 2 unspecified atom stereocenters. The van der Waals surface area contributed by atoms with Gasteiger partial charge in [-0.3, -0.25) is 9.48 Å². The minimum atomic E-state index is 0.0620. The molecule has 0 aliphatic carbocycles. The predicted octanol–water partition coefficient (Wildman–Crippen LogP) is 0.980. The van der Waals surface area contributed by atoms with Crippen molar-refractivity contribution in [2.75, 3.05) is 19.6 Å². The first-order chi connectivity index (χ1) is 9.58. The molecule has 20 heavy (non-hydrogen) atoms. The van der Waals surface area contributed by atoms with Gasteiger partial charge < -0.3 is 10.2 Å². The van der Waals surface area contributed by atoms with Crippen LogP contribution in [-0.2, 0) is 11.8 Å². The standard InChI is InChI=1S/C15H24N4O/c1-10-4-5-19(11(10)2)15(20)14-8-16-7-13(14)12-6-17-18(3)9-12/h6,9-11,13-14,16H,4-5,7-8H2,1-3H3/t10?,11?,13-,14+/m1/s1. The fraction of sp³-hybridized carbons (Fsp3) is 0.733. The highest BCUT2D eigenvalue weighted by Gasteiger charge is 2.40. The number of hydrogen-bond donors (Lipinski definition) is 1. The average Bonchev–Trinajstić information content (AvgIpc) is 3.11. The van der Waals surface area contributed by atoms with E-state index in [1.165, 1.54) is 5.56 Å². The summed E-state index contributed by atoms with van der Waals surface area (Å²) in [5, 5.41) is 7.62. The van der Waals surface area contributed by atoms with Crippen molar-refractivity contribution in [3.05, 3.63) is 18.0 Å². The number of aromatic nitrogens is 2. The predicted molar refractivity (Wildman–Crippen MR) is 77.3 cm³/mol. The van der Waals surface area contributed by atoms with Crippen molar-refractivity contribution in [2.45, 2.75) is 32.2 Å². The van der Waals surface area contributed by atoms with E-state index in [1.54, 1.807) is 0 Å². The minimum Gasteiger partial charge on any atom is -0.339 e. The Hall–Kier alpha value is -1.36. The molecule has 0 aromatic carbocycles. The lowest BCUT2D eigenvalue weighted by molar-refractivity contribution is -0.136. The van der Waals surface area contributed by atoms with Crippen LogP contribution in [0.1, 0.15) is 31.7 Å². The van der Waals surface area contributed by atoms with E-state index in [9.17, 15) is 4.79 Å². The number of hydrogen-bond acceptors (Lipinski definition) is 3. The lowest BCUT2D eigenvalue weighted by Gasteiger charge is -2.28. The molecule has 2 fully saturated rings. The molecule has 3 heterocycles. The van der Waals surface area contributed by atoms with Crippen LogP contribution in [0.25, 0.3) is 0 Å². The molecule has 5 nitrogen and oxygen atoms in total. The molecule has 3 rings (SSSR count). The zero-order valence-electron chi connectivity index (χ0n) is 12.5. The highest BCUT2D eigenvalue weighted by molar-refractivity contribution is 5.81. The summed E-state index contributed by atoms with van der Waals surface area (Å²) in [6, 6.07) is 0.373. The van der Waals surface area contributed by atoms with Crippen LogP contribution in [0.2, 0.25) is 0 Å². The second-order valence-electron chi connectivity index (χ2n) is 6.36. The Morgan fingerprint density at radius 3 is 2.80 bits per heavy atom. The van der Waals surface area contributed by atoms with Crippen LogP contribution in [0.15, 0.2) is 12.4 Å². The zero-order valence-corrected chi connectivity index (χ0v) is 12.5. The molecule has 1 N–H and O–H groups in total. The number of nitrogens with one attached hydrogen (secondary N) is 1. The molecular weight excluding hydrogens is 252 g/mol. The van der Waals surface area contributed by atoms with Crippen molar-refractivity contribution >= 4 is 5.91 Å². The largest absolute Gasteiger partial charge is 0.339 e. The van der Waals surface area contributed by atoms with Crippen molar-refractivity contribution in [1.82, 2.24) is 20.0 Å². The van der Waals surface area contributed by atoms with Gasteiger partial charge in [0.25, 0.3) is 0 Å². The highest BCUT2D eigenvalue weighted by Crippen LogP contribution is 2.32. The van der Waals surface area contributed by atoms with Crippen LogP contribution in [0, 0.1) is 11.8 Å². The van der Waals surface area contributed by atoms with Gasteiger partial charge in [0, 0.05) is 44.8 Å². The molecule has 0 radical (unpaired) electrons. The van der Waals surface area contributed by atoms with Crippen LogP contribution in [0.3, 0.4) is 0 Å².